The normalized spacial score (nSPS) is 11.3. The molecule has 0 aliphatic carbocycles. The van der Waals surface area contributed by atoms with Gasteiger partial charge in [-0.1, -0.05) is 26.0 Å². The van der Waals surface area contributed by atoms with Crippen LogP contribution in [0.4, 0.5) is 0 Å². The molecule has 5 nitrogen and oxygen atoms in total. The molecule has 102 valence electrons. The van der Waals surface area contributed by atoms with Crippen molar-refractivity contribution in [2.45, 2.75) is 33.1 Å². The number of para-hydroxylation sites is 2. The molecule has 0 radical (unpaired) electrons. The van der Waals surface area contributed by atoms with Crippen LogP contribution in [0.5, 0.6) is 0 Å². The summed E-state index contributed by atoms with van der Waals surface area (Å²) in [6, 6.07) is 7.64. The second kappa shape index (κ2) is 5.00. The summed E-state index contributed by atoms with van der Waals surface area (Å²) in [5.74, 6) is 0.769. The second-order valence-corrected chi connectivity index (χ2v) is 4.72. The molecule has 2 aromatic heterocycles. The van der Waals surface area contributed by atoms with E-state index in [0.29, 0.717) is 24.1 Å². The van der Waals surface area contributed by atoms with E-state index >= 15 is 0 Å². The van der Waals surface area contributed by atoms with Crippen molar-refractivity contribution in [1.82, 2.24) is 19.5 Å². The van der Waals surface area contributed by atoms with Crippen LogP contribution in [0.25, 0.3) is 22.3 Å². The molecule has 2 heterocycles. The first-order chi connectivity index (χ1) is 9.74. The summed E-state index contributed by atoms with van der Waals surface area (Å²) in [4.78, 5) is 25.8. The summed E-state index contributed by atoms with van der Waals surface area (Å²) in [5, 5.41) is 0. The van der Waals surface area contributed by atoms with Crippen molar-refractivity contribution in [2.24, 2.45) is 0 Å². The first-order valence-corrected chi connectivity index (χ1v) is 6.92. The molecule has 0 aliphatic heterocycles. The van der Waals surface area contributed by atoms with Crippen LogP contribution in [0.2, 0.25) is 0 Å². The molecule has 0 unspecified atom stereocenters. The van der Waals surface area contributed by atoms with Crippen LogP contribution in [-0.4, -0.2) is 25.4 Å². The summed E-state index contributed by atoms with van der Waals surface area (Å²) in [6.45, 7) is 3.97. The predicted octanol–water partition coefficient (Wildman–Crippen LogP) is 2.98. The monoisotopic (exact) mass is 268 g/mol. The van der Waals surface area contributed by atoms with E-state index in [0.717, 1.165) is 23.3 Å². The van der Waals surface area contributed by atoms with Crippen molar-refractivity contribution in [1.29, 1.82) is 0 Å². The number of carbonyl (C=O) groups excluding carboxylic acids is 1. The second-order valence-electron chi connectivity index (χ2n) is 4.72. The lowest BCUT2D eigenvalue weighted by molar-refractivity contribution is 0.0903. The van der Waals surface area contributed by atoms with Gasteiger partial charge in [-0.15, -0.1) is 0 Å². The minimum Gasteiger partial charge on any atom is -0.274 e. The molecule has 3 rings (SSSR count). The highest BCUT2D eigenvalue weighted by Crippen LogP contribution is 2.18. The third-order valence-corrected chi connectivity index (χ3v) is 3.27. The number of aromatic nitrogens is 4. The van der Waals surface area contributed by atoms with Gasteiger partial charge in [0.25, 0.3) is 0 Å². The van der Waals surface area contributed by atoms with Gasteiger partial charge in [0.2, 0.25) is 5.91 Å². The zero-order valence-corrected chi connectivity index (χ0v) is 11.6. The Balaban J connectivity index is 2.30. The Morgan fingerprint density at radius 1 is 1.10 bits per heavy atom. The Hall–Kier alpha value is -2.30. The number of rotatable bonds is 3. The van der Waals surface area contributed by atoms with Crippen LogP contribution in [0.1, 0.15) is 37.3 Å². The van der Waals surface area contributed by atoms with E-state index in [1.54, 1.807) is 4.57 Å². The van der Waals surface area contributed by atoms with Crippen LogP contribution in [0, 0.1) is 0 Å². The van der Waals surface area contributed by atoms with Gasteiger partial charge in [0.15, 0.2) is 11.3 Å². The Bertz CT molecular complexity index is 791. The van der Waals surface area contributed by atoms with Gasteiger partial charge in [-0.3, -0.25) is 4.79 Å². The minimum absolute atomic E-state index is 0.0384. The standard InChI is InChI=1S/C15H16N4O/c1-3-7-13(20)19-12(4-2)18-14-15(19)17-11-9-6-5-8-10(11)16-14/h5-6,8-9H,3-4,7H2,1-2H3. The fraction of sp³-hybridized carbons (Fsp3) is 0.333. The van der Waals surface area contributed by atoms with Crippen molar-refractivity contribution in [3.8, 4) is 0 Å². The molecule has 1 aromatic carbocycles. The molecule has 0 fully saturated rings. The van der Waals surface area contributed by atoms with Gasteiger partial charge >= 0.3 is 0 Å². The molecular weight excluding hydrogens is 252 g/mol. The van der Waals surface area contributed by atoms with E-state index < -0.39 is 0 Å². The van der Waals surface area contributed by atoms with Crippen molar-refractivity contribution in [2.75, 3.05) is 0 Å². The summed E-state index contributed by atoms with van der Waals surface area (Å²) in [6.07, 6.45) is 1.99. The lowest BCUT2D eigenvalue weighted by atomic mass is 10.3. The van der Waals surface area contributed by atoms with Crippen LogP contribution < -0.4 is 0 Å². The average molecular weight is 268 g/mol. The van der Waals surface area contributed by atoms with Crippen LogP contribution >= 0.6 is 0 Å². The average Bonchev–Trinajstić information content (AvgIpc) is 2.82. The van der Waals surface area contributed by atoms with E-state index in [9.17, 15) is 4.79 Å². The van der Waals surface area contributed by atoms with Gasteiger partial charge in [-0.05, 0) is 18.6 Å². The van der Waals surface area contributed by atoms with Crippen LogP contribution in [-0.2, 0) is 6.42 Å². The van der Waals surface area contributed by atoms with Gasteiger partial charge < -0.3 is 0 Å². The molecule has 0 spiro atoms. The molecule has 0 amide bonds. The van der Waals surface area contributed by atoms with Crippen LogP contribution in [0.15, 0.2) is 24.3 Å². The van der Waals surface area contributed by atoms with Crippen LogP contribution in [0.3, 0.4) is 0 Å². The molecule has 0 aliphatic rings. The first kappa shape index (κ1) is 12.7. The highest BCUT2D eigenvalue weighted by Gasteiger charge is 2.17. The number of nitrogens with zero attached hydrogens (tertiary/aromatic N) is 4. The van der Waals surface area contributed by atoms with Crippen molar-refractivity contribution < 1.29 is 4.79 Å². The maximum Gasteiger partial charge on any atom is 0.233 e. The van der Waals surface area contributed by atoms with Crippen molar-refractivity contribution in [3.05, 3.63) is 30.1 Å². The fourth-order valence-corrected chi connectivity index (χ4v) is 2.33. The van der Waals surface area contributed by atoms with Gasteiger partial charge in [-0.2, -0.15) is 0 Å². The van der Waals surface area contributed by atoms with Crippen molar-refractivity contribution in [3.63, 3.8) is 0 Å². The number of hydrogen-bond acceptors (Lipinski definition) is 4. The molecule has 3 aromatic rings. The number of hydrogen-bond donors (Lipinski definition) is 0. The molecule has 5 heteroatoms. The third-order valence-electron chi connectivity index (χ3n) is 3.27. The van der Waals surface area contributed by atoms with Crippen molar-refractivity contribution >= 4 is 28.2 Å². The summed E-state index contributed by atoms with van der Waals surface area (Å²) in [5.41, 5.74) is 2.70. The van der Waals surface area contributed by atoms with Gasteiger partial charge in [0, 0.05) is 12.8 Å². The SMILES string of the molecule is CCCC(=O)n1c(CC)nc2nc3ccccc3nc21. The van der Waals surface area contributed by atoms with E-state index in [4.69, 9.17) is 0 Å². The highest BCUT2D eigenvalue weighted by molar-refractivity contribution is 5.91. The first-order valence-electron chi connectivity index (χ1n) is 6.92. The lowest BCUT2D eigenvalue weighted by Gasteiger charge is -2.04. The number of carbonyl (C=O) groups is 1. The summed E-state index contributed by atoms with van der Waals surface area (Å²) >= 11 is 0. The largest absolute Gasteiger partial charge is 0.274 e. The zero-order chi connectivity index (χ0) is 14.1. The van der Waals surface area contributed by atoms with Gasteiger partial charge in [0.05, 0.1) is 11.0 Å². The molecule has 20 heavy (non-hydrogen) atoms. The smallest absolute Gasteiger partial charge is 0.233 e. The van der Waals surface area contributed by atoms with E-state index in [1.165, 1.54) is 0 Å². The molecule has 0 N–H and O–H groups in total. The van der Waals surface area contributed by atoms with E-state index in [-0.39, 0.29) is 5.91 Å². The lowest BCUT2D eigenvalue weighted by Crippen LogP contribution is -2.14. The van der Waals surface area contributed by atoms with E-state index in [1.807, 2.05) is 38.1 Å². The number of fused-ring (bicyclic) bond motifs is 2. The summed E-state index contributed by atoms with van der Waals surface area (Å²) in [7, 11) is 0. The predicted molar refractivity (Wildman–Crippen MR) is 77.7 cm³/mol. The number of aryl methyl sites for hydroxylation is 1. The Morgan fingerprint density at radius 3 is 2.45 bits per heavy atom. The quantitative estimate of drug-likeness (QED) is 0.732. The Morgan fingerprint density at radius 2 is 1.80 bits per heavy atom. The fourth-order valence-electron chi connectivity index (χ4n) is 2.33. The minimum atomic E-state index is 0.0384. The molecule has 0 saturated heterocycles. The third kappa shape index (κ3) is 1.95. The molecule has 0 saturated carbocycles. The highest BCUT2D eigenvalue weighted by atomic mass is 16.2. The van der Waals surface area contributed by atoms with Gasteiger partial charge in [0.1, 0.15) is 5.82 Å². The Kier molecular flexibility index (Phi) is 3.18. The zero-order valence-electron chi connectivity index (χ0n) is 11.6. The summed E-state index contributed by atoms with van der Waals surface area (Å²) < 4.78 is 1.62. The molecule has 0 bridgehead atoms. The van der Waals surface area contributed by atoms with Gasteiger partial charge in [-0.25, -0.2) is 19.5 Å². The van der Waals surface area contributed by atoms with E-state index in [2.05, 4.69) is 15.0 Å². The topological polar surface area (TPSA) is 60.7 Å². The maximum absolute atomic E-state index is 12.3. The maximum atomic E-state index is 12.3. The molecular formula is C15H16N4O. The number of benzene rings is 1. The molecule has 0 atom stereocenters. The number of imidazole rings is 1. The Labute approximate surface area is 116 Å².